The first kappa shape index (κ1) is 14.4. The monoisotopic (exact) mass is 263 g/mol. The van der Waals surface area contributed by atoms with Crippen molar-refractivity contribution in [3.63, 3.8) is 0 Å². The summed E-state index contributed by atoms with van der Waals surface area (Å²) in [5.41, 5.74) is 1.27. The molecule has 2 rings (SSSR count). The van der Waals surface area contributed by atoms with Gasteiger partial charge in [0, 0.05) is 44.0 Å². The first-order chi connectivity index (χ1) is 9.03. The first-order valence-corrected chi connectivity index (χ1v) is 6.99. The molecule has 1 fully saturated rings. The zero-order valence-corrected chi connectivity index (χ0v) is 12.2. The minimum atomic E-state index is 0.167. The summed E-state index contributed by atoms with van der Waals surface area (Å²) >= 11 is 0. The first-order valence-electron chi connectivity index (χ1n) is 6.99. The van der Waals surface area contributed by atoms with E-state index >= 15 is 0 Å². The van der Waals surface area contributed by atoms with Gasteiger partial charge >= 0.3 is 0 Å². The van der Waals surface area contributed by atoms with Crippen molar-refractivity contribution in [1.82, 2.24) is 14.8 Å². The van der Waals surface area contributed by atoms with Crippen LogP contribution in [0.5, 0.6) is 0 Å². The molecule has 106 valence electrons. The van der Waals surface area contributed by atoms with E-state index in [1.807, 2.05) is 18.3 Å². The Kier molecular flexibility index (Phi) is 4.55. The van der Waals surface area contributed by atoms with Crippen LogP contribution in [0.15, 0.2) is 24.4 Å². The second-order valence-corrected chi connectivity index (χ2v) is 6.09. The van der Waals surface area contributed by atoms with Gasteiger partial charge in [0.25, 0.3) is 0 Å². The predicted octanol–water partition coefficient (Wildman–Crippen LogP) is 1.36. The van der Waals surface area contributed by atoms with Crippen molar-refractivity contribution in [1.29, 1.82) is 0 Å². The van der Waals surface area contributed by atoms with E-state index in [1.165, 1.54) is 0 Å². The van der Waals surface area contributed by atoms with Crippen molar-refractivity contribution in [3.8, 4) is 0 Å². The van der Waals surface area contributed by atoms with Gasteiger partial charge in [0.2, 0.25) is 0 Å². The summed E-state index contributed by atoms with van der Waals surface area (Å²) in [5.74, 6) is 0. The minimum Gasteiger partial charge on any atom is -0.396 e. The van der Waals surface area contributed by atoms with E-state index in [4.69, 9.17) is 0 Å². The molecule has 1 aliphatic heterocycles. The highest BCUT2D eigenvalue weighted by atomic mass is 16.3. The number of aromatic nitrogens is 1. The molecule has 1 unspecified atom stereocenters. The van der Waals surface area contributed by atoms with Crippen LogP contribution in [0.2, 0.25) is 0 Å². The molecule has 0 amide bonds. The van der Waals surface area contributed by atoms with Gasteiger partial charge in [-0.2, -0.15) is 0 Å². The molecule has 0 radical (unpaired) electrons. The number of pyridine rings is 1. The van der Waals surface area contributed by atoms with E-state index in [1.54, 1.807) is 0 Å². The maximum Gasteiger partial charge on any atom is 0.0544 e. The molecule has 0 spiro atoms. The Bertz CT molecular complexity index is 394. The molecule has 4 heteroatoms. The van der Waals surface area contributed by atoms with Gasteiger partial charge in [-0.1, -0.05) is 6.07 Å². The molecule has 1 N–H and O–H groups in total. The van der Waals surface area contributed by atoms with E-state index in [0.717, 1.165) is 31.7 Å². The summed E-state index contributed by atoms with van der Waals surface area (Å²) in [4.78, 5) is 9.26. The quantitative estimate of drug-likeness (QED) is 0.890. The van der Waals surface area contributed by atoms with Crippen molar-refractivity contribution in [3.05, 3.63) is 30.1 Å². The Morgan fingerprint density at radius 3 is 2.84 bits per heavy atom. The Morgan fingerprint density at radius 2 is 2.21 bits per heavy atom. The zero-order chi connectivity index (χ0) is 13.9. The molecule has 0 bridgehead atoms. The highest BCUT2D eigenvalue weighted by Gasteiger charge is 2.36. The molecule has 4 nitrogen and oxygen atoms in total. The molecule has 0 aliphatic carbocycles. The van der Waals surface area contributed by atoms with Crippen LogP contribution in [0, 0.1) is 0 Å². The van der Waals surface area contributed by atoms with Crippen LogP contribution < -0.4 is 0 Å². The number of hydrogen-bond acceptors (Lipinski definition) is 4. The standard InChI is InChI=1S/C15H25N3O/c1-15(2)12-18(10-13-6-4-5-8-16-13)14(7-9-19)11-17(15)3/h4-6,8,14,19H,7,9-12H2,1-3H3. The summed E-state index contributed by atoms with van der Waals surface area (Å²) in [6, 6.07) is 6.46. The average molecular weight is 263 g/mol. The van der Waals surface area contributed by atoms with Gasteiger partial charge in [0.1, 0.15) is 0 Å². The van der Waals surface area contributed by atoms with Gasteiger partial charge < -0.3 is 5.11 Å². The lowest BCUT2D eigenvalue weighted by molar-refractivity contribution is -0.0141. The molecule has 1 aromatic heterocycles. The number of likely N-dealkylation sites (N-methyl/N-ethyl adjacent to an activating group) is 1. The van der Waals surface area contributed by atoms with Gasteiger partial charge in [-0.15, -0.1) is 0 Å². The lowest BCUT2D eigenvalue weighted by Crippen LogP contribution is -2.61. The molecule has 1 saturated heterocycles. The smallest absolute Gasteiger partial charge is 0.0544 e. The normalized spacial score (nSPS) is 24.5. The van der Waals surface area contributed by atoms with E-state index in [9.17, 15) is 5.11 Å². The Morgan fingerprint density at radius 1 is 1.42 bits per heavy atom. The summed E-state index contributed by atoms with van der Waals surface area (Å²) in [6.45, 7) is 7.66. The third-order valence-electron chi connectivity index (χ3n) is 4.18. The van der Waals surface area contributed by atoms with Gasteiger partial charge in [-0.25, -0.2) is 0 Å². The number of aliphatic hydroxyl groups is 1. The largest absolute Gasteiger partial charge is 0.396 e. The van der Waals surface area contributed by atoms with Crippen LogP contribution >= 0.6 is 0 Å². The number of nitrogens with zero attached hydrogens (tertiary/aromatic N) is 3. The summed E-state index contributed by atoms with van der Waals surface area (Å²) < 4.78 is 0. The molecule has 19 heavy (non-hydrogen) atoms. The van der Waals surface area contributed by atoms with Crippen LogP contribution in [0.1, 0.15) is 26.0 Å². The molecular formula is C15H25N3O. The fourth-order valence-electron chi connectivity index (χ4n) is 2.73. The van der Waals surface area contributed by atoms with Crippen molar-refractivity contribution >= 4 is 0 Å². The molecular weight excluding hydrogens is 238 g/mol. The molecule has 0 saturated carbocycles. The lowest BCUT2D eigenvalue weighted by atomic mass is 9.95. The Balaban J connectivity index is 2.10. The van der Waals surface area contributed by atoms with Crippen LogP contribution in [0.4, 0.5) is 0 Å². The van der Waals surface area contributed by atoms with Gasteiger partial charge in [0.05, 0.1) is 5.69 Å². The number of piperazine rings is 1. The second kappa shape index (κ2) is 5.99. The van der Waals surface area contributed by atoms with Crippen molar-refractivity contribution < 1.29 is 5.11 Å². The maximum atomic E-state index is 9.26. The van der Waals surface area contributed by atoms with E-state index in [-0.39, 0.29) is 12.1 Å². The van der Waals surface area contributed by atoms with Gasteiger partial charge in [-0.3, -0.25) is 14.8 Å². The van der Waals surface area contributed by atoms with Crippen LogP contribution in [-0.2, 0) is 6.54 Å². The summed E-state index contributed by atoms with van der Waals surface area (Å²) in [7, 11) is 2.17. The van der Waals surface area contributed by atoms with Crippen molar-refractivity contribution in [2.45, 2.75) is 38.4 Å². The number of aliphatic hydroxyl groups excluding tert-OH is 1. The van der Waals surface area contributed by atoms with E-state index in [0.29, 0.717) is 6.04 Å². The zero-order valence-electron chi connectivity index (χ0n) is 12.2. The van der Waals surface area contributed by atoms with E-state index < -0.39 is 0 Å². The number of hydrogen-bond donors (Lipinski definition) is 1. The molecule has 2 heterocycles. The summed E-state index contributed by atoms with van der Waals surface area (Å²) in [5, 5.41) is 9.26. The van der Waals surface area contributed by atoms with Gasteiger partial charge in [-0.05, 0) is 39.4 Å². The third-order valence-corrected chi connectivity index (χ3v) is 4.18. The average Bonchev–Trinajstić information content (AvgIpc) is 2.37. The maximum absolute atomic E-state index is 9.26. The number of rotatable bonds is 4. The molecule has 1 aromatic rings. The van der Waals surface area contributed by atoms with Crippen LogP contribution in [-0.4, -0.2) is 58.2 Å². The molecule has 1 atom stereocenters. The van der Waals surface area contributed by atoms with E-state index in [2.05, 4.69) is 41.7 Å². The highest BCUT2D eigenvalue weighted by Crippen LogP contribution is 2.25. The third kappa shape index (κ3) is 3.53. The molecule has 1 aliphatic rings. The SMILES string of the molecule is CN1CC(CCO)N(Cc2ccccn2)CC1(C)C. The fourth-order valence-corrected chi connectivity index (χ4v) is 2.73. The van der Waals surface area contributed by atoms with Crippen molar-refractivity contribution in [2.75, 3.05) is 26.7 Å². The van der Waals surface area contributed by atoms with Crippen molar-refractivity contribution in [2.24, 2.45) is 0 Å². The highest BCUT2D eigenvalue weighted by molar-refractivity contribution is 5.05. The topological polar surface area (TPSA) is 39.6 Å². The Labute approximate surface area is 116 Å². The molecule has 0 aromatic carbocycles. The van der Waals surface area contributed by atoms with Gasteiger partial charge in [0.15, 0.2) is 0 Å². The summed E-state index contributed by atoms with van der Waals surface area (Å²) in [6.07, 6.45) is 2.67. The van der Waals surface area contributed by atoms with Crippen LogP contribution in [0.25, 0.3) is 0 Å². The fraction of sp³-hybridized carbons (Fsp3) is 0.667. The predicted molar refractivity (Wildman–Crippen MR) is 76.8 cm³/mol. The second-order valence-electron chi connectivity index (χ2n) is 6.09. The lowest BCUT2D eigenvalue weighted by Gasteiger charge is -2.49. The Hall–Kier alpha value is -0.970. The minimum absolute atomic E-state index is 0.167. The van der Waals surface area contributed by atoms with Crippen LogP contribution in [0.3, 0.4) is 0 Å².